The van der Waals surface area contributed by atoms with Gasteiger partial charge in [0.15, 0.2) is 0 Å². The third-order valence-electron chi connectivity index (χ3n) is 3.29. The molecule has 0 unspecified atom stereocenters. The molecule has 0 radical (unpaired) electrons. The maximum Gasteiger partial charge on any atom is 0.138 e. The third kappa shape index (κ3) is 2.21. The third-order valence-corrected chi connectivity index (χ3v) is 4.47. The summed E-state index contributed by atoms with van der Waals surface area (Å²) in [6, 6.07) is 2.24. The summed E-state index contributed by atoms with van der Waals surface area (Å²) in [5.74, 6) is 2.70. The van der Waals surface area contributed by atoms with E-state index in [0.717, 1.165) is 35.9 Å². The number of hydrogen-bond acceptors (Lipinski definition) is 4. The van der Waals surface area contributed by atoms with E-state index >= 15 is 0 Å². The Kier molecular flexibility index (Phi) is 3.20. The highest BCUT2D eigenvalue weighted by atomic mass is 32.1. The highest BCUT2D eigenvalue weighted by molar-refractivity contribution is 7.18. The van der Waals surface area contributed by atoms with Gasteiger partial charge in [0.25, 0.3) is 0 Å². The summed E-state index contributed by atoms with van der Waals surface area (Å²) in [6.07, 6.45) is 4.71. The first-order valence-electron chi connectivity index (χ1n) is 6.86. The number of nitrogens with one attached hydrogen (secondary N) is 1. The van der Waals surface area contributed by atoms with E-state index in [4.69, 9.17) is 9.97 Å². The molecule has 0 bridgehead atoms. The molecule has 96 valence electrons. The molecule has 18 heavy (non-hydrogen) atoms. The fraction of sp³-hybridized carbons (Fsp3) is 0.571. The van der Waals surface area contributed by atoms with Crippen LogP contribution in [0.3, 0.4) is 0 Å². The second-order valence-corrected chi connectivity index (χ2v) is 6.03. The van der Waals surface area contributed by atoms with Crippen LogP contribution in [0.15, 0.2) is 6.07 Å². The van der Waals surface area contributed by atoms with E-state index in [2.05, 4.69) is 25.2 Å². The number of hydrogen-bond donors (Lipinski definition) is 1. The van der Waals surface area contributed by atoms with Gasteiger partial charge in [-0.25, -0.2) is 9.97 Å². The van der Waals surface area contributed by atoms with Crippen molar-refractivity contribution in [2.75, 3.05) is 11.9 Å². The lowest BCUT2D eigenvalue weighted by Gasteiger charge is -2.07. The Balaban J connectivity index is 2.06. The SMILES string of the molecule is CCCNc1nc(C2CC2)nc2sc(CC)cc12. The lowest BCUT2D eigenvalue weighted by molar-refractivity contribution is 0.927. The molecular formula is C14H19N3S. The van der Waals surface area contributed by atoms with Crippen molar-refractivity contribution in [1.82, 2.24) is 9.97 Å². The minimum absolute atomic E-state index is 0.615. The largest absolute Gasteiger partial charge is 0.369 e. The van der Waals surface area contributed by atoms with E-state index in [0.29, 0.717) is 5.92 Å². The Labute approximate surface area is 112 Å². The van der Waals surface area contributed by atoms with Gasteiger partial charge in [-0.15, -0.1) is 11.3 Å². The first-order valence-corrected chi connectivity index (χ1v) is 7.67. The van der Waals surface area contributed by atoms with Crippen LogP contribution in [-0.4, -0.2) is 16.5 Å². The quantitative estimate of drug-likeness (QED) is 0.885. The van der Waals surface area contributed by atoms with Crippen molar-refractivity contribution in [2.24, 2.45) is 0 Å². The van der Waals surface area contributed by atoms with Crippen molar-refractivity contribution >= 4 is 27.4 Å². The van der Waals surface area contributed by atoms with Gasteiger partial charge in [-0.3, -0.25) is 0 Å². The van der Waals surface area contributed by atoms with Crippen molar-refractivity contribution in [3.8, 4) is 0 Å². The Hall–Kier alpha value is -1.16. The van der Waals surface area contributed by atoms with Crippen LogP contribution in [0.25, 0.3) is 10.2 Å². The first kappa shape index (κ1) is 11.9. The maximum absolute atomic E-state index is 4.74. The Bertz CT molecular complexity index is 557. The fourth-order valence-corrected chi connectivity index (χ4v) is 3.04. The second kappa shape index (κ2) is 4.84. The zero-order chi connectivity index (χ0) is 12.5. The van der Waals surface area contributed by atoms with Crippen LogP contribution in [0.4, 0.5) is 5.82 Å². The van der Waals surface area contributed by atoms with Crippen LogP contribution >= 0.6 is 11.3 Å². The van der Waals surface area contributed by atoms with Gasteiger partial charge in [0.05, 0.1) is 5.39 Å². The van der Waals surface area contributed by atoms with Gasteiger partial charge in [0.1, 0.15) is 16.5 Å². The normalized spacial score (nSPS) is 15.2. The van der Waals surface area contributed by atoms with Crippen molar-refractivity contribution in [3.05, 3.63) is 16.8 Å². The first-order chi connectivity index (χ1) is 8.81. The summed E-state index contributed by atoms with van der Waals surface area (Å²) in [4.78, 5) is 12.0. The average Bonchev–Trinajstić information content (AvgIpc) is 3.15. The summed E-state index contributed by atoms with van der Waals surface area (Å²) in [6.45, 7) is 5.35. The predicted octanol–water partition coefficient (Wildman–Crippen LogP) is 3.95. The number of anilines is 1. The molecule has 0 atom stereocenters. The molecule has 0 amide bonds. The van der Waals surface area contributed by atoms with E-state index < -0.39 is 0 Å². The summed E-state index contributed by atoms with van der Waals surface area (Å²) in [5, 5.41) is 4.66. The van der Waals surface area contributed by atoms with Gasteiger partial charge in [-0.2, -0.15) is 0 Å². The summed E-state index contributed by atoms with van der Waals surface area (Å²) in [7, 11) is 0. The van der Waals surface area contributed by atoms with Crippen LogP contribution in [-0.2, 0) is 6.42 Å². The van der Waals surface area contributed by atoms with E-state index in [1.165, 1.54) is 23.1 Å². The molecular weight excluding hydrogens is 242 g/mol. The number of aromatic nitrogens is 2. The number of nitrogens with zero attached hydrogens (tertiary/aromatic N) is 2. The summed E-state index contributed by atoms with van der Waals surface area (Å²) >= 11 is 1.81. The van der Waals surface area contributed by atoms with Crippen LogP contribution in [0.2, 0.25) is 0 Å². The molecule has 0 aromatic carbocycles. The van der Waals surface area contributed by atoms with Gasteiger partial charge in [-0.05, 0) is 31.7 Å². The molecule has 2 aromatic heterocycles. The molecule has 4 heteroatoms. The van der Waals surface area contributed by atoms with Gasteiger partial charge < -0.3 is 5.32 Å². The van der Waals surface area contributed by atoms with Gasteiger partial charge in [0.2, 0.25) is 0 Å². The lowest BCUT2D eigenvalue weighted by Crippen LogP contribution is -2.04. The molecule has 0 saturated heterocycles. The molecule has 0 aliphatic heterocycles. The molecule has 3 rings (SSSR count). The standard InChI is InChI=1S/C14H19N3S/c1-3-7-15-13-11-8-10(4-2)18-14(11)17-12(16-13)9-5-6-9/h8-9H,3-7H2,1-2H3,(H,15,16,17). The zero-order valence-corrected chi connectivity index (χ0v) is 11.8. The Morgan fingerprint density at radius 1 is 1.33 bits per heavy atom. The number of fused-ring (bicyclic) bond motifs is 1. The summed E-state index contributed by atoms with van der Waals surface area (Å²) in [5.41, 5.74) is 0. The highest BCUT2D eigenvalue weighted by Gasteiger charge is 2.27. The lowest BCUT2D eigenvalue weighted by atomic mass is 10.3. The molecule has 1 fully saturated rings. The molecule has 1 saturated carbocycles. The van der Waals surface area contributed by atoms with Gasteiger partial charge >= 0.3 is 0 Å². The predicted molar refractivity (Wildman–Crippen MR) is 77.5 cm³/mol. The van der Waals surface area contributed by atoms with E-state index in [1.807, 2.05) is 11.3 Å². The smallest absolute Gasteiger partial charge is 0.138 e. The summed E-state index contributed by atoms with van der Waals surface area (Å²) < 4.78 is 0. The van der Waals surface area contributed by atoms with Crippen LogP contribution < -0.4 is 5.32 Å². The zero-order valence-electron chi connectivity index (χ0n) is 11.0. The fourth-order valence-electron chi connectivity index (χ4n) is 2.06. The van der Waals surface area contributed by atoms with Crippen molar-refractivity contribution in [2.45, 2.75) is 45.4 Å². The number of rotatable bonds is 5. The molecule has 1 N–H and O–H groups in total. The van der Waals surface area contributed by atoms with Crippen LogP contribution in [0.5, 0.6) is 0 Å². The molecule has 2 aromatic rings. The van der Waals surface area contributed by atoms with E-state index in [1.54, 1.807) is 0 Å². The average molecular weight is 261 g/mol. The van der Waals surface area contributed by atoms with Crippen molar-refractivity contribution < 1.29 is 0 Å². The van der Waals surface area contributed by atoms with Crippen LogP contribution in [0.1, 0.15) is 49.7 Å². The van der Waals surface area contributed by atoms with Gasteiger partial charge in [0, 0.05) is 17.3 Å². The Morgan fingerprint density at radius 3 is 2.83 bits per heavy atom. The van der Waals surface area contributed by atoms with Crippen LogP contribution in [0, 0.1) is 0 Å². The van der Waals surface area contributed by atoms with Gasteiger partial charge in [-0.1, -0.05) is 13.8 Å². The minimum Gasteiger partial charge on any atom is -0.369 e. The van der Waals surface area contributed by atoms with Crippen molar-refractivity contribution in [1.29, 1.82) is 0 Å². The molecule has 2 heterocycles. The maximum atomic E-state index is 4.74. The Morgan fingerprint density at radius 2 is 2.17 bits per heavy atom. The number of aryl methyl sites for hydroxylation is 1. The molecule has 3 nitrogen and oxygen atoms in total. The van der Waals surface area contributed by atoms with E-state index in [-0.39, 0.29) is 0 Å². The highest BCUT2D eigenvalue weighted by Crippen LogP contribution is 2.40. The molecule has 0 spiro atoms. The topological polar surface area (TPSA) is 37.8 Å². The number of thiophene rings is 1. The molecule has 1 aliphatic carbocycles. The second-order valence-electron chi connectivity index (χ2n) is 4.92. The monoisotopic (exact) mass is 261 g/mol. The van der Waals surface area contributed by atoms with E-state index in [9.17, 15) is 0 Å². The molecule has 1 aliphatic rings. The minimum atomic E-state index is 0.615. The van der Waals surface area contributed by atoms with Crippen molar-refractivity contribution in [3.63, 3.8) is 0 Å².